The predicted molar refractivity (Wildman–Crippen MR) is 80.3 cm³/mol. The summed E-state index contributed by atoms with van der Waals surface area (Å²) >= 11 is 0. The zero-order valence-corrected chi connectivity index (χ0v) is 14.0. The van der Waals surface area contributed by atoms with Crippen molar-refractivity contribution in [2.24, 2.45) is 5.92 Å². The van der Waals surface area contributed by atoms with Crippen LogP contribution in [0.15, 0.2) is 12.3 Å². The van der Waals surface area contributed by atoms with Crippen LogP contribution in [-0.2, 0) is 14.0 Å². The molecule has 1 fully saturated rings. The molecule has 0 N–H and O–H groups in total. The zero-order chi connectivity index (χ0) is 14.7. The first kappa shape index (κ1) is 16.4. The van der Waals surface area contributed by atoms with E-state index in [4.69, 9.17) is 9.16 Å². The Bertz CT molecular complexity index is 342. The van der Waals surface area contributed by atoms with Gasteiger partial charge in [0.25, 0.3) is 0 Å². The number of allylic oxidation sites excluding steroid dienone is 1. The summed E-state index contributed by atoms with van der Waals surface area (Å²) in [5.74, 6) is 0.545. The van der Waals surface area contributed by atoms with Gasteiger partial charge in [0.15, 0.2) is 8.32 Å². The molecule has 0 bridgehead atoms. The minimum atomic E-state index is -1.62. The molecule has 3 nitrogen and oxygen atoms in total. The highest BCUT2D eigenvalue weighted by Gasteiger charge is 2.36. The summed E-state index contributed by atoms with van der Waals surface area (Å²) in [5.41, 5.74) is 0. The van der Waals surface area contributed by atoms with E-state index in [0.29, 0.717) is 12.2 Å². The summed E-state index contributed by atoms with van der Waals surface area (Å²) in [4.78, 5) is 11.4. The van der Waals surface area contributed by atoms with E-state index in [0.717, 1.165) is 25.9 Å². The Morgan fingerprint density at radius 1 is 1.37 bits per heavy atom. The molecule has 0 aliphatic carbocycles. The molecule has 1 heterocycles. The van der Waals surface area contributed by atoms with Gasteiger partial charge < -0.3 is 9.16 Å². The molecule has 1 aliphatic rings. The Morgan fingerprint density at radius 2 is 2.00 bits per heavy atom. The Morgan fingerprint density at radius 3 is 2.47 bits per heavy atom. The van der Waals surface area contributed by atoms with Crippen LogP contribution in [0.3, 0.4) is 0 Å². The Kier molecular flexibility index (Phi) is 5.39. The lowest BCUT2D eigenvalue weighted by molar-refractivity contribution is -0.139. The standard InChI is InChI=1S/C15H28O3Si/c1-12-11-13(14(16)18-12)9-7-8-10-17-19(5,6)15(2,3)4/h13H,1,7-11H2,2-6H3. The van der Waals surface area contributed by atoms with Crippen molar-refractivity contribution >= 4 is 14.3 Å². The van der Waals surface area contributed by atoms with Crippen LogP contribution in [0.25, 0.3) is 0 Å². The zero-order valence-electron chi connectivity index (χ0n) is 13.0. The fourth-order valence-electron chi connectivity index (χ4n) is 1.88. The van der Waals surface area contributed by atoms with E-state index in [1.54, 1.807) is 0 Å². The van der Waals surface area contributed by atoms with E-state index in [9.17, 15) is 4.79 Å². The third kappa shape index (κ3) is 4.77. The topological polar surface area (TPSA) is 35.5 Å². The minimum Gasteiger partial charge on any atom is -0.431 e. The van der Waals surface area contributed by atoms with Crippen molar-refractivity contribution in [1.29, 1.82) is 0 Å². The van der Waals surface area contributed by atoms with Crippen LogP contribution in [0.2, 0.25) is 18.1 Å². The van der Waals surface area contributed by atoms with Gasteiger partial charge in [-0.05, 0) is 31.0 Å². The summed E-state index contributed by atoms with van der Waals surface area (Å²) in [6, 6.07) is 0. The van der Waals surface area contributed by atoms with Gasteiger partial charge in [-0.1, -0.05) is 33.8 Å². The molecule has 0 aromatic rings. The second kappa shape index (κ2) is 6.22. The third-order valence-corrected chi connectivity index (χ3v) is 8.81. The number of unbranched alkanes of at least 4 members (excludes halogenated alkanes) is 1. The molecule has 1 atom stereocenters. The Balaban J connectivity index is 2.19. The lowest BCUT2D eigenvalue weighted by Gasteiger charge is -2.36. The van der Waals surface area contributed by atoms with E-state index >= 15 is 0 Å². The first-order valence-corrected chi connectivity index (χ1v) is 10.1. The Labute approximate surface area is 118 Å². The second-order valence-electron chi connectivity index (χ2n) is 6.97. The van der Waals surface area contributed by atoms with Crippen molar-refractivity contribution in [1.82, 2.24) is 0 Å². The number of cyclic esters (lactones) is 1. The van der Waals surface area contributed by atoms with Gasteiger partial charge in [0.1, 0.15) is 5.76 Å². The fourth-order valence-corrected chi connectivity index (χ4v) is 2.97. The maximum Gasteiger partial charge on any atom is 0.314 e. The van der Waals surface area contributed by atoms with Gasteiger partial charge in [0, 0.05) is 13.0 Å². The average Bonchev–Trinajstić information content (AvgIpc) is 2.55. The third-order valence-electron chi connectivity index (χ3n) is 4.27. The number of hydrogen-bond acceptors (Lipinski definition) is 3. The van der Waals surface area contributed by atoms with Crippen LogP contribution in [0.1, 0.15) is 46.5 Å². The van der Waals surface area contributed by atoms with Crippen molar-refractivity contribution in [3.8, 4) is 0 Å². The molecule has 0 aromatic heterocycles. The van der Waals surface area contributed by atoms with Gasteiger partial charge in [0.05, 0.1) is 5.92 Å². The first-order chi connectivity index (χ1) is 8.63. The van der Waals surface area contributed by atoms with E-state index in [2.05, 4.69) is 40.4 Å². The van der Waals surface area contributed by atoms with Crippen LogP contribution in [0.5, 0.6) is 0 Å². The highest BCUT2D eigenvalue weighted by Crippen LogP contribution is 2.36. The number of ether oxygens (including phenoxy) is 1. The van der Waals surface area contributed by atoms with Gasteiger partial charge in [-0.25, -0.2) is 0 Å². The van der Waals surface area contributed by atoms with Crippen LogP contribution >= 0.6 is 0 Å². The molecular formula is C15H28O3Si. The molecule has 1 aliphatic heterocycles. The first-order valence-electron chi connectivity index (χ1n) is 7.17. The highest BCUT2D eigenvalue weighted by molar-refractivity contribution is 6.74. The van der Waals surface area contributed by atoms with Crippen molar-refractivity contribution in [3.05, 3.63) is 12.3 Å². The molecule has 1 unspecified atom stereocenters. The molecule has 0 radical (unpaired) electrons. The van der Waals surface area contributed by atoms with E-state index < -0.39 is 8.32 Å². The van der Waals surface area contributed by atoms with Crippen molar-refractivity contribution in [3.63, 3.8) is 0 Å². The van der Waals surface area contributed by atoms with Crippen molar-refractivity contribution in [2.75, 3.05) is 6.61 Å². The smallest absolute Gasteiger partial charge is 0.314 e. The minimum absolute atomic E-state index is 0.0281. The number of rotatable bonds is 6. The van der Waals surface area contributed by atoms with Crippen molar-refractivity contribution < 1.29 is 14.0 Å². The molecule has 0 aromatic carbocycles. The van der Waals surface area contributed by atoms with E-state index in [1.807, 2.05) is 0 Å². The Hall–Kier alpha value is -0.613. The van der Waals surface area contributed by atoms with Gasteiger partial charge in [-0.15, -0.1) is 0 Å². The maximum absolute atomic E-state index is 11.4. The predicted octanol–water partition coefficient (Wildman–Crippen LogP) is 4.26. The normalized spacial score (nSPS) is 20.8. The molecule has 19 heavy (non-hydrogen) atoms. The molecule has 1 rings (SSSR count). The largest absolute Gasteiger partial charge is 0.431 e. The van der Waals surface area contributed by atoms with Gasteiger partial charge in [-0.3, -0.25) is 4.79 Å². The summed E-state index contributed by atoms with van der Waals surface area (Å²) in [5, 5.41) is 0.264. The lowest BCUT2D eigenvalue weighted by atomic mass is 10.0. The van der Waals surface area contributed by atoms with Crippen LogP contribution in [-0.4, -0.2) is 20.9 Å². The van der Waals surface area contributed by atoms with E-state index in [-0.39, 0.29) is 16.9 Å². The molecule has 0 amide bonds. The molecular weight excluding hydrogens is 256 g/mol. The van der Waals surface area contributed by atoms with Gasteiger partial charge >= 0.3 is 5.97 Å². The summed E-state index contributed by atoms with van der Waals surface area (Å²) < 4.78 is 11.1. The molecule has 0 saturated carbocycles. The molecule has 110 valence electrons. The maximum atomic E-state index is 11.4. The van der Waals surface area contributed by atoms with Crippen LogP contribution in [0, 0.1) is 5.92 Å². The SMILES string of the molecule is C=C1CC(CCCCO[Si](C)(C)C(C)(C)C)C(=O)O1. The lowest BCUT2D eigenvalue weighted by Crippen LogP contribution is -2.40. The number of carbonyl (C=O) groups is 1. The molecule has 0 spiro atoms. The summed E-state index contributed by atoms with van der Waals surface area (Å²) in [6.45, 7) is 15.8. The highest BCUT2D eigenvalue weighted by atomic mass is 28.4. The monoisotopic (exact) mass is 284 g/mol. The average molecular weight is 284 g/mol. The summed E-state index contributed by atoms with van der Waals surface area (Å²) in [6.07, 6.45) is 3.62. The van der Waals surface area contributed by atoms with E-state index in [1.165, 1.54) is 0 Å². The summed E-state index contributed by atoms with van der Waals surface area (Å²) in [7, 11) is -1.62. The van der Waals surface area contributed by atoms with Crippen LogP contribution in [0.4, 0.5) is 0 Å². The number of carbonyl (C=O) groups excluding carboxylic acids is 1. The van der Waals surface area contributed by atoms with Gasteiger partial charge in [-0.2, -0.15) is 0 Å². The second-order valence-corrected chi connectivity index (χ2v) is 11.8. The van der Waals surface area contributed by atoms with Crippen molar-refractivity contribution in [2.45, 2.75) is 64.6 Å². The number of esters is 1. The van der Waals surface area contributed by atoms with Gasteiger partial charge in [0.2, 0.25) is 0 Å². The molecule has 1 saturated heterocycles. The quantitative estimate of drug-likeness (QED) is 0.415. The number of hydrogen-bond donors (Lipinski definition) is 0. The fraction of sp³-hybridized carbons (Fsp3) is 0.800. The van der Waals surface area contributed by atoms with Crippen LogP contribution < -0.4 is 0 Å². The molecule has 4 heteroatoms.